The SMILES string of the molecule is COc1cc(Cl)c(C(N)C(C)=O)cc1Cl. The summed E-state index contributed by atoms with van der Waals surface area (Å²) in [6.45, 7) is 1.40. The van der Waals surface area contributed by atoms with E-state index in [1.165, 1.54) is 14.0 Å². The maximum atomic E-state index is 11.1. The number of ether oxygens (including phenoxy) is 1. The van der Waals surface area contributed by atoms with Crippen molar-refractivity contribution in [3.63, 3.8) is 0 Å². The fourth-order valence-corrected chi connectivity index (χ4v) is 1.68. The molecule has 5 heteroatoms. The number of ketones is 1. The number of hydrogen-bond acceptors (Lipinski definition) is 3. The van der Waals surface area contributed by atoms with Crippen LogP contribution in [0.1, 0.15) is 18.5 Å². The van der Waals surface area contributed by atoms with E-state index < -0.39 is 6.04 Å². The van der Waals surface area contributed by atoms with E-state index in [2.05, 4.69) is 0 Å². The zero-order valence-corrected chi connectivity index (χ0v) is 9.89. The van der Waals surface area contributed by atoms with Crippen LogP contribution in [0.3, 0.4) is 0 Å². The van der Waals surface area contributed by atoms with Crippen LogP contribution in [0.4, 0.5) is 0 Å². The second-order valence-electron chi connectivity index (χ2n) is 3.10. The summed E-state index contributed by atoms with van der Waals surface area (Å²) in [7, 11) is 1.49. The van der Waals surface area contributed by atoms with Crippen LogP contribution in [0, 0.1) is 0 Å². The molecule has 1 unspecified atom stereocenters. The molecule has 3 nitrogen and oxygen atoms in total. The van der Waals surface area contributed by atoms with Crippen LogP contribution in [0.5, 0.6) is 5.75 Å². The van der Waals surface area contributed by atoms with Gasteiger partial charge >= 0.3 is 0 Å². The number of Topliss-reactive ketones (excluding diaryl/α,β-unsaturated/α-hetero) is 1. The fraction of sp³-hybridized carbons (Fsp3) is 0.300. The van der Waals surface area contributed by atoms with Gasteiger partial charge in [0.05, 0.1) is 18.2 Å². The quantitative estimate of drug-likeness (QED) is 0.894. The minimum atomic E-state index is -0.749. The van der Waals surface area contributed by atoms with Gasteiger partial charge in [0.25, 0.3) is 0 Å². The van der Waals surface area contributed by atoms with Gasteiger partial charge in [-0.3, -0.25) is 4.79 Å². The first kappa shape index (κ1) is 12.3. The van der Waals surface area contributed by atoms with Gasteiger partial charge in [-0.25, -0.2) is 0 Å². The van der Waals surface area contributed by atoms with Crippen molar-refractivity contribution in [1.29, 1.82) is 0 Å². The van der Waals surface area contributed by atoms with E-state index in [0.29, 0.717) is 21.4 Å². The molecule has 0 aromatic heterocycles. The van der Waals surface area contributed by atoms with Gasteiger partial charge < -0.3 is 10.5 Å². The average Bonchev–Trinajstić information content (AvgIpc) is 2.19. The smallest absolute Gasteiger partial charge is 0.151 e. The van der Waals surface area contributed by atoms with Crippen LogP contribution in [-0.2, 0) is 4.79 Å². The first-order chi connectivity index (χ1) is 6.97. The Labute approximate surface area is 98.1 Å². The van der Waals surface area contributed by atoms with Gasteiger partial charge in [-0.1, -0.05) is 23.2 Å². The molecule has 0 heterocycles. The molecule has 1 rings (SSSR count). The monoisotopic (exact) mass is 247 g/mol. The molecule has 0 spiro atoms. The van der Waals surface area contributed by atoms with Crippen molar-refractivity contribution in [2.45, 2.75) is 13.0 Å². The van der Waals surface area contributed by atoms with Gasteiger partial charge in [0.15, 0.2) is 5.78 Å². The predicted octanol–water partition coefficient (Wildman–Crippen LogP) is 2.59. The third-order valence-electron chi connectivity index (χ3n) is 2.04. The highest BCUT2D eigenvalue weighted by molar-refractivity contribution is 6.35. The minimum absolute atomic E-state index is 0.168. The molecule has 0 fully saturated rings. The molecule has 82 valence electrons. The van der Waals surface area contributed by atoms with E-state index in [4.69, 9.17) is 33.7 Å². The van der Waals surface area contributed by atoms with E-state index in [1.807, 2.05) is 0 Å². The van der Waals surface area contributed by atoms with Crippen molar-refractivity contribution in [1.82, 2.24) is 0 Å². The molecule has 2 N–H and O–H groups in total. The summed E-state index contributed by atoms with van der Waals surface area (Å²) in [4.78, 5) is 11.1. The lowest BCUT2D eigenvalue weighted by molar-refractivity contribution is -0.118. The molecule has 0 bridgehead atoms. The van der Waals surface area contributed by atoms with Gasteiger partial charge in [0.2, 0.25) is 0 Å². The molecule has 1 atom stereocenters. The molecule has 0 aliphatic carbocycles. The third-order valence-corrected chi connectivity index (χ3v) is 2.67. The molecule has 1 aromatic rings. The Morgan fingerprint density at radius 3 is 2.47 bits per heavy atom. The minimum Gasteiger partial charge on any atom is -0.495 e. The van der Waals surface area contributed by atoms with E-state index in [9.17, 15) is 4.79 Å². The second-order valence-corrected chi connectivity index (χ2v) is 3.91. The molecule has 0 radical (unpaired) electrons. The summed E-state index contributed by atoms with van der Waals surface area (Å²) in [5, 5.41) is 0.757. The molecule has 0 saturated heterocycles. The average molecular weight is 248 g/mol. The summed E-state index contributed by atoms with van der Waals surface area (Å²) >= 11 is 11.8. The lowest BCUT2D eigenvalue weighted by atomic mass is 10.0. The maximum absolute atomic E-state index is 11.1. The number of carbonyl (C=O) groups excluding carboxylic acids is 1. The zero-order valence-electron chi connectivity index (χ0n) is 8.38. The lowest BCUT2D eigenvalue weighted by Gasteiger charge is -2.12. The second kappa shape index (κ2) is 4.84. The number of carbonyl (C=O) groups is 1. The highest BCUT2D eigenvalue weighted by Crippen LogP contribution is 2.33. The normalized spacial score (nSPS) is 12.3. The third kappa shape index (κ3) is 2.62. The standard InChI is InChI=1S/C10H11Cl2NO2/c1-5(14)10(13)6-3-8(12)9(15-2)4-7(6)11/h3-4,10H,13H2,1-2H3. The van der Waals surface area contributed by atoms with Gasteiger partial charge in [-0.2, -0.15) is 0 Å². The highest BCUT2D eigenvalue weighted by Gasteiger charge is 2.17. The van der Waals surface area contributed by atoms with E-state index >= 15 is 0 Å². The van der Waals surface area contributed by atoms with Crippen LogP contribution in [0.2, 0.25) is 10.0 Å². The molecule has 0 amide bonds. The molecule has 0 saturated carbocycles. The first-order valence-electron chi connectivity index (χ1n) is 4.26. The predicted molar refractivity (Wildman–Crippen MR) is 60.6 cm³/mol. The van der Waals surface area contributed by atoms with Crippen LogP contribution in [0.15, 0.2) is 12.1 Å². The molecule has 0 aliphatic rings. The summed E-state index contributed by atoms with van der Waals surface area (Å²) in [6.07, 6.45) is 0. The van der Waals surface area contributed by atoms with Crippen molar-refractivity contribution in [2.24, 2.45) is 5.73 Å². The van der Waals surface area contributed by atoms with Gasteiger partial charge in [0, 0.05) is 11.1 Å². The molecule has 15 heavy (non-hydrogen) atoms. The maximum Gasteiger partial charge on any atom is 0.151 e. The lowest BCUT2D eigenvalue weighted by Crippen LogP contribution is -2.19. The molecule has 0 aliphatic heterocycles. The van der Waals surface area contributed by atoms with Gasteiger partial charge in [-0.15, -0.1) is 0 Å². The molecule has 1 aromatic carbocycles. The Kier molecular flexibility index (Phi) is 3.97. The zero-order chi connectivity index (χ0) is 11.6. The van der Waals surface area contributed by atoms with Crippen LogP contribution >= 0.6 is 23.2 Å². The van der Waals surface area contributed by atoms with E-state index in [-0.39, 0.29) is 5.78 Å². The van der Waals surface area contributed by atoms with Gasteiger partial charge in [-0.05, 0) is 18.6 Å². The summed E-state index contributed by atoms with van der Waals surface area (Å²) in [6, 6.07) is 2.34. The Bertz CT molecular complexity index is 393. The molecular weight excluding hydrogens is 237 g/mol. The van der Waals surface area contributed by atoms with Crippen molar-refractivity contribution >= 4 is 29.0 Å². The van der Waals surface area contributed by atoms with Gasteiger partial charge in [0.1, 0.15) is 5.75 Å². The van der Waals surface area contributed by atoms with Crippen LogP contribution in [-0.4, -0.2) is 12.9 Å². The van der Waals surface area contributed by atoms with Crippen molar-refractivity contribution in [3.8, 4) is 5.75 Å². The van der Waals surface area contributed by atoms with Crippen LogP contribution in [0.25, 0.3) is 0 Å². The first-order valence-corrected chi connectivity index (χ1v) is 5.02. The van der Waals surface area contributed by atoms with E-state index in [1.54, 1.807) is 12.1 Å². The largest absolute Gasteiger partial charge is 0.495 e. The summed E-state index contributed by atoms with van der Waals surface area (Å²) in [5.74, 6) is 0.291. The van der Waals surface area contributed by atoms with Crippen LogP contribution < -0.4 is 10.5 Å². The number of rotatable bonds is 3. The number of hydrogen-bond donors (Lipinski definition) is 1. The van der Waals surface area contributed by atoms with Crippen molar-refractivity contribution in [2.75, 3.05) is 7.11 Å². The summed E-state index contributed by atoms with van der Waals surface area (Å²) < 4.78 is 4.98. The molecular formula is C10H11Cl2NO2. The van der Waals surface area contributed by atoms with Crippen molar-refractivity contribution < 1.29 is 9.53 Å². The number of halogens is 2. The Morgan fingerprint density at radius 1 is 1.40 bits per heavy atom. The fourth-order valence-electron chi connectivity index (χ4n) is 1.16. The Balaban J connectivity index is 3.21. The summed E-state index contributed by atoms with van der Waals surface area (Å²) in [5.41, 5.74) is 6.17. The van der Waals surface area contributed by atoms with Crippen molar-refractivity contribution in [3.05, 3.63) is 27.7 Å². The highest BCUT2D eigenvalue weighted by atomic mass is 35.5. The number of nitrogens with two attached hydrogens (primary N) is 1. The Hall–Kier alpha value is -0.770. The Morgan fingerprint density at radius 2 is 2.00 bits per heavy atom. The topological polar surface area (TPSA) is 52.3 Å². The number of benzene rings is 1. The van der Waals surface area contributed by atoms with E-state index in [0.717, 1.165) is 0 Å². The number of methoxy groups -OCH3 is 1.